The van der Waals surface area contributed by atoms with E-state index >= 15 is 0 Å². The number of halogens is 1. The number of hydrogen-bond donors (Lipinski definition) is 4. The number of carbonyl (C=O) groups is 2. The average molecular weight is 611 g/mol. The molecule has 9 heteroatoms. The van der Waals surface area contributed by atoms with Gasteiger partial charge in [-0.3, -0.25) is 0 Å². The van der Waals surface area contributed by atoms with Crippen molar-refractivity contribution in [3.05, 3.63) is 77.2 Å². The number of aryl methyl sites for hydroxylation is 1. The van der Waals surface area contributed by atoms with Gasteiger partial charge in [0.2, 0.25) is 0 Å². The Hall–Kier alpha value is -3.72. The lowest BCUT2D eigenvalue weighted by Crippen LogP contribution is -2.49. The predicted molar refractivity (Wildman–Crippen MR) is 176 cm³/mol. The van der Waals surface area contributed by atoms with Crippen LogP contribution in [-0.4, -0.2) is 47.6 Å². The number of nitrogens with one attached hydrogen (secondary N) is 4. The lowest BCUT2D eigenvalue weighted by Gasteiger charge is -2.35. The second-order valence-electron chi connectivity index (χ2n) is 14.1. The number of anilines is 1. The fraction of sp³-hybridized carbons (Fsp3) is 0.514. The number of rotatable bonds is 12. The Morgan fingerprint density at radius 1 is 0.932 bits per heavy atom. The molecular weight excluding hydrogens is 559 g/mol. The molecule has 1 amide bonds. The zero-order chi connectivity index (χ0) is 33.3. The fourth-order valence-electron chi connectivity index (χ4n) is 4.48. The summed E-state index contributed by atoms with van der Waals surface area (Å²) in [5.74, 6) is -0.962. The first kappa shape index (κ1) is 36.5. The summed E-state index contributed by atoms with van der Waals surface area (Å²) in [6.07, 6.45) is 1.56. The van der Waals surface area contributed by atoms with E-state index in [4.69, 9.17) is 14.9 Å². The van der Waals surface area contributed by atoms with Crippen molar-refractivity contribution in [3.8, 4) is 0 Å². The SMILES string of the molecule is Cc1ccc(F)c(N/C=C(\C(=N)Cc2ccccc2)[C@H](NCC[C@H](NC(=O)OC(C)(C)C)C(=O)OC(C)(C)C)C(C)(C)C)c1. The molecule has 2 atom stereocenters. The Morgan fingerprint density at radius 3 is 2.11 bits per heavy atom. The molecule has 0 aliphatic rings. The van der Waals surface area contributed by atoms with Crippen molar-refractivity contribution in [2.45, 2.75) is 105 Å². The molecule has 2 aromatic rings. The van der Waals surface area contributed by atoms with E-state index in [-0.39, 0.29) is 17.9 Å². The first-order valence-electron chi connectivity index (χ1n) is 15.1. The van der Waals surface area contributed by atoms with Crippen molar-refractivity contribution in [2.24, 2.45) is 5.41 Å². The monoisotopic (exact) mass is 610 g/mol. The van der Waals surface area contributed by atoms with E-state index in [1.165, 1.54) is 6.07 Å². The molecule has 0 spiro atoms. The molecule has 0 unspecified atom stereocenters. The van der Waals surface area contributed by atoms with Gasteiger partial charge in [0.05, 0.1) is 5.69 Å². The first-order chi connectivity index (χ1) is 20.2. The van der Waals surface area contributed by atoms with E-state index in [0.717, 1.165) is 11.1 Å². The van der Waals surface area contributed by atoms with Crippen LogP contribution < -0.4 is 16.0 Å². The minimum atomic E-state index is -0.965. The van der Waals surface area contributed by atoms with Crippen LogP contribution in [0.2, 0.25) is 0 Å². The summed E-state index contributed by atoms with van der Waals surface area (Å²) < 4.78 is 25.6. The van der Waals surface area contributed by atoms with Gasteiger partial charge < -0.3 is 30.8 Å². The number of hydrogen-bond acceptors (Lipinski definition) is 7. The van der Waals surface area contributed by atoms with E-state index in [1.807, 2.05) is 58.0 Å². The normalized spacial score (nSPS) is 13.9. The molecule has 2 aromatic carbocycles. The van der Waals surface area contributed by atoms with Crippen molar-refractivity contribution < 1.29 is 23.5 Å². The largest absolute Gasteiger partial charge is 0.458 e. The molecule has 2 rings (SSSR count). The molecule has 44 heavy (non-hydrogen) atoms. The predicted octanol–water partition coefficient (Wildman–Crippen LogP) is 7.32. The number of carbonyl (C=O) groups excluding carboxylic acids is 2. The van der Waals surface area contributed by atoms with Gasteiger partial charge in [-0.2, -0.15) is 0 Å². The summed E-state index contributed by atoms with van der Waals surface area (Å²) in [5, 5.41) is 18.4. The van der Waals surface area contributed by atoms with Crippen LogP contribution in [0, 0.1) is 23.6 Å². The van der Waals surface area contributed by atoms with Crippen molar-refractivity contribution in [1.29, 1.82) is 5.41 Å². The van der Waals surface area contributed by atoms with Crippen molar-refractivity contribution in [1.82, 2.24) is 10.6 Å². The van der Waals surface area contributed by atoms with Gasteiger partial charge >= 0.3 is 12.1 Å². The van der Waals surface area contributed by atoms with Crippen molar-refractivity contribution in [2.75, 3.05) is 11.9 Å². The van der Waals surface area contributed by atoms with Crippen LogP contribution in [0.3, 0.4) is 0 Å². The molecule has 0 saturated carbocycles. The number of ether oxygens (including phenoxy) is 2. The van der Waals surface area contributed by atoms with E-state index in [2.05, 4.69) is 16.0 Å². The Morgan fingerprint density at radius 2 is 1.55 bits per heavy atom. The lowest BCUT2D eigenvalue weighted by atomic mass is 9.79. The lowest BCUT2D eigenvalue weighted by molar-refractivity contribution is -0.157. The summed E-state index contributed by atoms with van der Waals surface area (Å²) in [7, 11) is 0. The van der Waals surface area contributed by atoms with Crippen LogP contribution in [0.5, 0.6) is 0 Å². The van der Waals surface area contributed by atoms with Crippen molar-refractivity contribution in [3.63, 3.8) is 0 Å². The molecule has 0 aromatic heterocycles. The van der Waals surface area contributed by atoms with Gasteiger partial charge in [0.1, 0.15) is 23.1 Å². The van der Waals surface area contributed by atoms with E-state index in [0.29, 0.717) is 29.9 Å². The van der Waals surface area contributed by atoms with E-state index < -0.39 is 35.1 Å². The number of amides is 1. The molecule has 0 heterocycles. The van der Waals surface area contributed by atoms with Gasteiger partial charge in [-0.1, -0.05) is 57.2 Å². The van der Waals surface area contributed by atoms with Gasteiger partial charge in [-0.05, 0) is 90.1 Å². The third kappa shape index (κ3) is 12.9. The van der Waals surface area contributed by atoms with Crippen LogP contribution in [0.1, 0.15) is 79.9 Å². The van der Waals surface area contributed by atoms with Crippen LogP contribution in [0.4, 0.5) is 14.9 Å². The topological polar surface area (TPSA) is 113 Å². The molecule has 8 nitrogen and oxygen atoms in total. The van der Waals surface area contributed by atoms with E-state index in [9.17, 15) is 14.0 Å². The van der Waals surface area contributed by atoms with Gasteiger partial charge in [-0.25, -0.2) is 14.0 Å². The molecule has 242 valence electrons. The number of benzene rings is 2. The molecule has 4 N–H and O–H groups in total. The molecule has 0 radical (unpaired) electrons. The first-order valence-corrected chi connectivity index (χ1v) is 15.1. The van der Waals surface area contributed by atoms with Crippen LogP contribution in [0.25, 0.3) is 0 Å². The van der Waals surface area contributed by atoms with Gasteiger partial charge in [0, 0.05) is 29.9 Å². The summed E-state index contributed by atoms with van der Waals surface area (Å²) in [5.41, 5.74) is 1.34. The molecule has 0 saturated heterocycles. The Balaban J connectivity index is 2.38. The third-order valence-corrected chi connectivity index (χ3v) is 6.42. The summed E-state index contributed by atoms with van der Waals surface area (Å²) in [6, 6.07) is 13.2. The van der Waals surface area contributed by atoms with Crippen molar-refractivity contribution >= 4 is 23.5 Å². The summed E-state index contributed by atoms with van der Waals surface area (Å²) in [4.78, 5) is 25.7. The zero-order valence-electron chi connectivity index (χ0n) is 28.0. The summed E-state index contributed by atoms with van der Waals surface area (Å²) >= 11 is 0. The summed E-state index contributed by atoms with van der Waals surface area (Å²) in [6.45, 7) is 18.9. The number of esters is 1. The average Bonchev–Trinajstić information content (AvgIpc) is 2.86. The third-order valence-electron chi connectivity index (χ3n) is 6.42. The van der Waals surface area contributed by atoms with Crippen LogP contribution in [0.15, 0.2) is 60.3 Å². The fourth-order valence-corrected chi connectivity index (χ4v) is 4.48. The van der Waals surface area contributed by atoms with Gasteiger partial charge in [0.25, 0.3) is 0 Å². The van der Waals surface area contributed by atoms with Crippen LogP contribution >= 0.6 is 0 Å². The van der Waals surface area contributed by atoms with E-state index in [1.54, 1.807) is 59.9 Å². The highest BCUT2D eigenvalue weighted by Crippen LogP contribution is 2.28. The highest BCUT2D eigenvalue weighted by atomic mass is 19.1. The molecule has 0 bridgehead atoms. The molecule has 0 aliphatic carbocycles. The second kappa shape index (κ2) is 15.3. The zero-order valence-corrected chi connectivity index (χ0v) is 28.0. The Bertz CT molecular complexity index is 1300. The molecular formula is C35H51FN4O4. The quantitative estimate of drug-likeness (QED) is 0.148. The second-order valence-corrected chi connectivity index (χ2v) is 14.1. The molecule has 0 aliphatic heterocycles. The highest BCUT2D eigenvalue weighted by molar-refractivity contribution is 6.00. The minimum Gasteiger partial charge on any atom is -0.458 e. The highest BCUT2D eigenvalue weighted by Gasteiger charge is 2.32. The Kier molecular flexibility index (Phi) is 12.7. The minimum absolute atomic E-state index is 0.208. The number of alkyl carbamates (subject to hydrolysis) is 1. The van der Waals surface area contributed by atoms with Crippen LogP contribution in [-0.2, 0) is 20.7 Å². The maximum atomic E-state index is 14.6. The maximum Gasteiger partial charge on any atom is 0.408 e. The smallest absolute Gasteiger partial charge is 0.408 e. The standard InChI is InChI=1S/C35H51FN4O4/c1-23-16-17-26(36)29(20-23)39-22-25(27(37)21-24-14-12-11-13-15-24)30(33(2,3)4)38-19-18-28(31(41)43-34(5,6)7)40-32(42)44-35(8,9)10/h11-17,20,22,28,30,37-39H,18-19,21H2,1-10H3,(H,40,42)/b25-22+,37-27?/t28-,30-/m0/s1. The van der Waals surface area contributed by atoms with Gasteiger partial charge in [-0.15, -0.1) is 0 Å². The van der Waals surface area contributed by atoms with Gasteiger partial charge in [0.15, 0.2) is 0 Å². The Labute approximate surface area is 262 Å². The molecule has 0 fully saturated rings. The maximum absolute atomic E-state index is 14.6.